The Labute approximate surface area is 119 Å². The van der Waals surface area contributed by atoms with E-state index in [0.29, 0.717) is 0 Å². The molecule has 11 heavy (non-hydrogen) atoms. The molecule has 0 bridgehead atoms. The third kappa shape index (κ3) is 757. The number of carbonyl (C=O) groups excluding carboxylic acids is 2. The molecule has 0 aliphatic heterocycles. The van der Waals surface area contributed by atoms with E-state index >= 15 is 0 Å². The standard InChI is InChI=1S/2CH2O3.ClH.K.Os/c2*2-1(3)4;;;/h2*(H2,2,3,4);1H;;/q;;;+1;+4/p-5. The quantitative estimate of drug-likeness (QED) is 0.382. The summed E-state index contributed by atoms with van der Waals surface area (Å²) in [6.45, 7) is 0. The van der Waals surface area contributed by atoms with Crippen molar-refractivity contribution in [3.05, 3.63) is 0 Å². The summed E-state index contributed by atoms with van der Waals surface area (Å²) in [5.41, 5.74) is 0. The van der Waals surface area contributed by atoms with E-state index in [-0.39, 0.29) is 51.4 Å². The fraction of sp³-hybridized carbons (Fsp3) is 0. The topological polar surface area (TPSA) is 126 Å². The van der Waals surface area contributed by atoms with Crippen LogP contribution in [0.15, 0.2) is 0 Å². The summed E-state index contributed by atoms with van der Waals surface area (Å²) >= 11 is 1.33. The van der Waals surface area contributed by atoms with Crippen molar-refractivity contribution in [1.29, 1.82) is 0 Å². The molecule has 0 saturated heterocycles. The third-order valence-corrected chi connectivity index (χ3v) is 0. The number of rotatable bonds is 0. The van der Waals surface area contributed by atoms with Crippen molar-refractivity contribution in [2.75, 3.05) is 0 Å². The summed E-state index contributed by atoms with van der Waals surface area (Å²) in [5.74, 6) is 0. The zero-order valence-corrected chi connectivity index (χ0v) is 11.6. The summed E-state index contributed by atoms with van der Waals surface area (Å²) in [4.78, 5) is 16.7. The van der Waals surface area contributed by atoms with Gasteiger partial charge in [0, 0.05) is 0 Å². The predicted molar refractivity (Wildman–Crippen MR) is 16.6 cm³/mol. The molecule has 60 valence electrons. The van der Waals surface area contributed by atoms with Gasteiger partial charge in [0.05, 0.1) is 0 Å². The number of hydrogen-bond donors (Lipinski definition) is 0. The molecule has 9 heteroatoms. The van der Waals surface area contributed by atoms with Crippen LogP contribution >= 0.6 is 9.64 Å². The Hall–Kier alpha value is 1.10. The van der Waals surface area contributed by atoms with E-state index in [1.807, 2.05) is 0 Å². The van der Waals surface area contributed by atoms with Crippen molar-refractivity contribution in [2.24, 2.45) is 0 Å². The number of hydrogen-bond acceptors (Lipinski definition) is 6. The average molecular weight is 385 g/mol. The Morgan fingerprint density at radius 1 is 0.909 bits per heavy atom. The van der Waals surface area contributed by atoms with E-state index in [4.69, 9.17) is 30.0 Å². The molecule has 0 aromatic heterocycles. The van der Waals surface area contributed by atoms with Gasteiger partial charge in [0.15, 0.2) is 0 Å². The van der Waals surface area contributed by atoms with Crippen LogP contribution in [0.1, 0.15) is 0 Å². The SMILES string of the molecule is O=C([O-])[O-].O=C([O-])[O-].[Cl][Os+3].[K+]. The van der Waals surface area contributed by atoms with Crippen LogP contribution in [0.4, 0.5) is 9.59 Å². The molecule has 0 amide bonds. The zero-order valence-electron chi connectivity index (χ0n) is 5.18. The molecule has 0 atom stereocenters. The molecular formula is C2ClKO6Os. The van der Waals surface area contributed by atoms with Crippen LogP contribution in [0.2, 0.25) is 0 Å². The first-order chi connectivity index (χ1) is 4.46. The molecule has 0 unspecified atom stereocenters. The summed E-state index contributed by atoms with van der Waals surface area (Å²) < 4.78 is 0. The summed E-state index contributed by atoms with van der Waals surface area (Å²) in [7, 11) is 4.67. The van der Waals surface area contributed by atoms with Crippen LogP contribution in [0, 0.1) is 0 Å². The molecule has 0 aromatic rings. The monoisotopic (exact) mass is 386 g/mol. The van der Waals surface area contributed by atoms with Crippen molar-refractivity contribution >= 4 is 21.9 Å². The first kappa shape index (κ1) is 22.7. The second kappa shape index (κ2) is 22.5. The molecule has 0 heterocycles. The second-order valence-electron chi connectivity index (χ2n) is 0.500. The molecule has 0 aliphatic rings. The van der Waals surface area contributed by atoms with Gasteiger partial charge in [0.2, 0.25) is 0 Å². The molecule has 0 N–H and O–H groups in total. The molecule has 0 fully saturated rings. The number of halogens is 1. The Kier molecular flexibility index (Phi) is 46.4. The van der Waals surface area contributed by atoms with Crippen molar-refractivity contribution < 1.29 is 99.0 Å². The van der Waals surface area contributed by atoms with Gasteiger partial charge >= 0.3 is 78.6 Å². The molecule has 0 rings (SSSR count). The number of carboxylic acid groups (broad SMARTS) is 4. The second-order valence-corrected chi connectivity index (χ2v) is 0.500. The Balaban J connectivity index is -0.0000000339. The van der Waals surface area contributed by atoms with E-state index in [1.165, 1.54) is 17.6 Å². The van der Waals surface area contributed by atoms with Gasteiger partial charge in [-0.3, -0.25) is 0 Å². The van der Waals surface area contributed by atoms with Crippen LogP contribution in [-0.4, -0.2) is 12.3 Å². The average Bonchev–Trinajstić information content (AvgIpc) is 1.66. The first-order valence-corrected chi connectivity index (χ1v) is 4.51. The number of carbonyl (C=O) groups is 2. The van der Waals surface area contributed by atoms with Crippen molar-refractivity contribution in [3.63, 3.8) is 0 Å². The smallest absolute Gasteiger partial charge is 1.00 e. The van der Waals surface area contributed by atoms with E-state index in [2.05, 4.69) is 9.64 Å². The minimum atomic E-state index is -2.33. The minimum Gasteiger partial charge on any atom is 1.00 e. The van der Waals surface area contributed by atoms with Gasteiger partial charge in [-0.1, -0.05) is 0 Å². The van der Waals surface area contributed by atoms with Crippen LogP contribution < -0.4 is 71.8 Å². The molecule has 6 nitrogen and oxygen atoms in total. The van der Waals surface area contributed by atoms with Crippen LogP contribution in [-0.2, 0) is 17.6 Å². The normalized spacial score (nSPS) is 4.82. The molecular weight excluding hydrogens is 385 g/mol. The summed E-state index contributed by atoms with van der Waals surface area (Å²) in [6.07, 6.45) is -4.67. The van der Waals surface area contributed by atoms with Crippen molar-refractivity contribution in [1.82, 2.24) is 0 Å². The third-order valence-electron chi connectivity index (χ3n) is 0. The Morgan fingerprint density at radius 2 is 0.909 bits per heavy atom. The molecule has 0 aromatic carbocycles. The van der Waals surface area contributed by atoms with Crippen LogP contribution in [0.25, 0.3) is 0 Å². The summed E-state index contributed by atoms with van der Waals surface area (Å²) in [5, 5.41) is 33.3. The molecule has 0 saturated carbocycles. The Bertz CT molecular complexity index is 78.6. The molecule has 0 aliphatic carbocycles. The van der Waals surface area contributed by atoms with E-state index in [0.717, 1.165) is 0 Å². The van der Waals surface area contributed by atoms with Gasteiger partial charge in [0.25, 0.3) is 0 Å². The Morgan fingerprint density at radius 3 is 0.909 bits per heavy atom. The maximum atomic E-state index is 8.33. The molecule has 0 radical (unpaired) electrons. The minimum absolute atomic E-state index is 0. The van der Waals surface area contributed by atoms with E-state index < -0.39 is 12.3 Å². The fourth-order valence-electron chi connectivity index (χ4n) is 0. The van der Waals surface area contributed by atoms with Crippen LogP contribution in [0.3, 0.4) is 0 Å². The van der Waals surface area contributed by atoms with Gasteiger partial charge in [-0.05, 0) is 12.3 Å². The van der Waals surface area contributed by atoms with Gasteiger partial charge < -0.3 is 30.0 Å². The zero-order chi connectivity index (χ0) is 9.15. The maximum Gasteiger partial charge on any atom is 1.00 e. The summed E-state index contributed by atoms with van der Waals surface area (Å²) in [6, 6.07) is 0. The van der Waals surface area contributed by atoms with E-state index in [1.54, 1.807) is 0 Å². The van der Waals surface area contributed by atoms with Gasteiger partial charge in [-0.15, -0.1) is 0 Å². The van der Waals surface area contributed by atoms with Gasteiger partial charge in [0.1, 0.15) is 0 Å². The van der Waals surface area contributed by atoms with Crippen molar-refractivity contribution in [3.8, 4) is 0 Å². The van der Waals surface area contributed by atoms with Gasteiger partial charge in [-0.25, -0.2) is 0 Å². The predicted octanol–water partition coefficient (Wildman–Crippen LogP) is -7.20. The largest absolute Gasteiger partial charge is 1.00 e. The molecule has 0 spiro atoms. The van der Waals surface area contributed by atoms with Gasteiger partial charge in [-0.2, -0.15) is 0 Å². The van der Waals surface area contributed by atoms with Crippen molar-refractivity contribution in [2.45, 2.75) is 0 Å². The first-order valence-electron chi connectivity index (χ1n) is 1.36. The maximum absolute atomic E-state index is 8.33. The van der Waals surface area contributed by atoms with E-state index in [9.17, 15) is 0 Å². The van der Waals surface area contributed by atoms with Crippen LogP contribution in [0.5, 0.6) is 0 Å². The fourth-order valence-corrected chi connectivity index (χ4v) is 0.